The van der Waals surface area contributed by atoms with Crippen molar-refractivity contribution in [2.24, 2.45) is 23.5 Å². The van der Waals surface area contributed by atoms with E-state index in [-0.39, 0.29) is 12.1 Å². The molecule has 0 aromatic heterocycles. The van der Waals surface area contributed by atoms with Gasteiger partial charge < -0.3 is 10.8 Å². The van der Waals surface area contributed by atoms with Crippen LogP contribution in [0, 0.1) is 17.8 Å². The van der Waals surface area contributed by atoms with E-state index in [1.807, 2.05) is 0 Å². The fourth-order valence-electron chi connectivity index (χ4n) is 2.58. The Morgan fingerprint density at radius 2 is 2.00 bits per heavy atom. The quantitative estimate of drug-likeness (QED) is 0.694. The molecule has 0 aliphatic heterocycles. The lowest BCUT2D eigenvalue weighted by Gasteiger charge is -2.39. The van der Waals surface area contributed by atoms with Gasteiger partial charge >= 0.3 is 0 Å². The van der Waals surface area contributed by atoms with Gasteiger partial charge in [0.25, 0.3) is 0 Å². The molecule has 3 unspecified atom stereocenters. The summed E-state index contributed by atoms with van der Waals surface area (Å²) in [4.78, 5) is 0. The van der Waals surface area contributed by atoms with Crippen LogP contribution in [0.4, 0.5) is 0 Å². The van der Waals surface area contributed by atoms with Crippen molar-refractivity contribution in [1.29, 1.82) is 0 Å². The largest absolute Gasteiger partial charge is 0.392 e. The summed E-state index contributed by atoms with van der Waals surface area (Å²) >= 11 is 0. The minimum absolute atomic E-state index is 0.00606. The van der Waals surface area contributed by atoms with E-state index in [9.17, 15) is 5.11 Å². The number of aliphatic hydroxyl groups is 1. The predicted octanol–water partition coefficient (Wildman–Crippen LogP) is 1.52. The van der Waals surface area contributed by atoms with E-state index < -0.39 is 0 Å². The van der Waals surface area contributed by atoms with Crippen LogP contribution in [0.25, 0.3) is 0 Å². The Balaban J connectivity index is 1.75. The second-order valence-electron chi connectivity index (χ2n) is 4.98. The van der Waals surface area contributed by atoms with E-state index >= 15 is 0 Å². The van der Waals surface area contributed by atoms with Crippen LogP contribution in [0.2, 0.25) is 0 Å². The van der Waals surface area contributed by atoms with Crippen LogP contribution < -0.4 is 5.73 Å². The topological polar surface area (TPSA) is 46.2 Å². The number of rotatable bonds is 4. The zero-order valence-electron chi connectivity index (χ0n) is 8.45. The lowest BCUT2D eigenvalue weighted by molar-refractivity contribution is 0.0914. The highest BCUT2D eigenvalue weighted by Crippen LogP contribution is 2.51. The van der Waals surface area contributed by atoms with Gasteiger partial charge in [-0.15, -0.1) is 0 Å². The molecule has 0 radical (unpaired) electrons. The second kappa shape index (κ2) is 3.58. The zero-order valence-corrected chi connectivity index (χ0v) is 8.45. The van der Waals surface area contributed by atoms with Crippen molar-refractivity contribution in [2.45, 2.75) is 51.2 Å². The number of hydrogen-bond donors (Lipinski definition) is 2. The second-order valence-corrected chi connectivity index (χ2v) is 4.98. The van der Waals surface area contributed by atoms with Crippen molar-refractivity contribution in [2.75, 3.05) is 0 Å². The fraction of sp³-hybridized carbons (Fsp3) is 1.00. The molecule has 0 aromatic carbocycles. The summed E-state index contributed by atoms with van der Waals surface area (Å²) in [5.41, 5.74) is 5.86. The Bertz CT molecular complexity index is 177. The van der Waals surface area contributed by atoms with Crippen LogP contribution in [0.3, 0.4) is 0 Å². The summed E-state index contributed by atoms with van der Waals surface area (Å²) < 4.78 is 0. The fourth-order valence-corrected chi connectivity index (χ4v) is 2.58. The molecule has 2 nitrogen and oxygen atoms in total. The van der Waals surface area contributed by atoms with Gasteiger partial charge in [-0.25, -0.2) is 0 Å². The summed E-state index contributed by atoms with van der Waals surface area (Å²) in [6, 6.07) is 0.00606. The first-order valence-electron chi connectivity index (χ1n) is 5.62. The maximum atomic E-state index is 9.30. The minimum atomic E-state index is -0.333. The van der Waals surface area contributed by atoms with E-state index in [0.717, 1.165) is 24.2 Å². The van der Waals surface area contributed by atoms with Gasteiger partial charge in [0.05, 0.1) is 6.10 Å². The molecule has 0 amide bonds. The molecule has 2 saturated carbocycles. The smallest absolute Gasteiger partial charge is 0.0663 e. The first kappa shape index (κ1) is 9.47. The molecule has 0 saturated heterocycles. The van der Waals surface area contributed by atoms with Gasteiger partial charge in [-0.2, -0.15) is 0 Å². The highest BCUT2D eigenvalue weighted by molar-refractivity contribution is 4.93. The molecule has 3 N–H and O–H groups in total. The van der Waals surface area contributed by atoms with Crippen LogP contribution in [-0.4, -0.2) is 17.3 Å². The molecule has 2 rings (SSSR count). The third-order valence-corrected chi connectivity index (χ3v) is 3.90. The molecule has 0 spiro atoms. The van der Waals surface area contributed by atoms with E-state index in [1.165, 1.54) is 25.7 Å². The monoisotopic (exact) mass is 183 g/mol. The summed E-state index contributed by atoms with van der Waals surface area (Å²) in [5, 5.41) is 9.30. The Hall–Kier alpha value is -0.0800. The zero-order chi connectivity index (χ0) is 9.42. The summed E-state index contributed by atoms with van der Waals surface area (Å²) in [6.07, 6.45) is 6.37. The van der Waals surface area contributed by atoms with Crippen molar-refractivity contribution < 1.29 is 5.11 Å². The molecule has 2 heteroatoms. The van der Waals surface area contributed by atoms with Gasteiger partial charge in [-0.05, 0) is 56.8 Å². The summed E-state index contributed by atoms with van der Waals surface area (Å²) in [6.45, 7) is 1.80. The van der Waals surface area contributed by atoms with Gasteiger partial charge in [0.2, 0.25) is 0 Å². The van der Waals surface area contributed by atoms with Gasteiger partial charge in [-0.3, -0.25) is 0 Å². The molecule has 2 aliphatic carbocycles. The number of aliphatic hydroxyl groups excluding tert-OH is 1. The van der Waals surface area contributed by atoms with Crippen molar-refractivity contribution >= 4 is 0 Å². The van der Waals surface area contributed by atoms with Crippen LogP contribution >= 0.6 is 0 Å². The summed E-state index contributed by atoms with van der Waals surface area (Å²) in [7, 11) is 0. The van der Waals surface area contributed by atoms with Crippen LogP contribution in [0.15, 0.2) is 0 Å². The maximum absolute atomic E-state index is 9.30. The Morgan fingerprint density at radius 3 is 2.38 bits per heavy atom. The summed E-state index contributed by atoms with van der Waals surface area (Å²) in [5.74, 6) is 2.82. The first-order chi connectivity index (χ1) is 6.18. The highest BCUT2D eigenvalue weighted by atomic mass is 16.3. The van der Waals surface area contributed by atoms with Gasteiger partial charge in [0, 0.05) is 6.04 Å². The SMILES string of the molecule is CC(O)C(N)CC1CC[C@@H]1C1CC1. The average molecular weight is 183 g/mol. The molecule has 2 aliphatic rings. The van der Waals surface area contributed by atoms with Gasteiger partial charge in [0.1, 0.15) is 0 Å². The highest BCUT2D eigenvalue weighted by Gasteiger charge is 2.42. The number of hydrogen-bond acceptors (Lipinski definition) is 2. The molecule has 0 heterocycles. The maximum Gasteiger partial charge on any atom is 0.0663 e. The van der Waals surface area contributed by atoms with Crippen LogP contribution in [0.1, 0.15) is 39.0 Å². The van der Waals surface area contributed by atoms with E-state index in [0.29, 0.717) is 0 Å². The molecular weight excluding hydrogens is 162 g/mol. The molecule has 76 valence electrons. The van der Waals surface area contributed by atoms with E-state index in [2.05, 4.69) is 0 Å². The Morgan fingerprint density at radius 1 is 1.31 bits per heavy atom. The first-order valence-corrected chi connectivity index (χ1v) is 5.62. The third-order valence-electron chi connectivity index (χ3n) is 3.90. The van der Waals surface area contributed by atoms with E-state index in [4.69, 9.17) is 5.73 Å². The van der Waals surface area contributed by atoms with Crippen molar-refractivity contribution in [3.05, 3.63) is 0 Å². The van der Waals surface area contributed by atoms with Crippen LogP contribution in [-0.2, 0) is 0 Å². The van der Waals surface area contributed by atoms with Crippen molar-refractivity contribution in [3.63, 3.8) is 0 Å². The Labute approximate surface area is 80.5 Å². The molecular formula is C11H21NO. The molecule has 13 heavy (non-hydrogen) atoms. The standard InChI is InChI=1S/C11H21NO/c1-7(13)11(12)6-9-4-5-10(9)8-2-3-8/h7-11,13H,2-6,12H2,1H3/t7?,9?,10-,11?/m1/s1. The lowest BCUT2D eigenvalue weighted by Crippen LogP contribution is -2.39. The normalized spacial score (nSPS) is 38.1. The predicted molar refractivity (Wildman–Crippen MR) is 53.2 cm³/mol. The van der Waals surface area contributed by atoms with E-state index in [1.54, 1.807) is 6.92 Å². The van der Waals surface area contributed by atoms with Gasteiger partial charge in [-0.1, -0.05) is 0 Å². The van der Waals surface area contributed by atoms with Crippen molar-refractivity contribution in [3.8, 4) is 0 Å². The molecule has 4 atom stereocenters. The van der Waals surface area contributed by atoms with Crippen LogP contribution in [0.5, 0.6) is 0 Å². The molecule has 0 bridgehead atoms. The molecule has 2 fully saturated rings. The Kier molecular flexibility index (Phi) is 2.61. The third kappa shape index (κ3) is 2.05. The minimum Gasteiger partial charge on any atom is -0.392 e. The molecule has 0 aromatic rings. The van der Waals surface area contributed by atoms with Gasteiger partial charge in [0.15, 0.2) is 0 Å². The number of nitrogens with two attached hydrogens (primary N) is 1. The average Bonchev–Trinajstić information content (AvgIpc) is 2.81. The van der Waals surface area contributed by atoms with Crippen molar-refractivity contribution in [1.82, 2.24) is 0 Å². The lowest BCUT2D eigenvalue weighted by atomic mass is 9.68.